The third-order valence-electron chi connectivity index (χ3n) is 9.09. The fourth-order valence-electron chi connectivity index (χ4n) is 6.90. The molecule has 0 atom stereocenters. The van der Waals surface area contributed by atoms with E-state index in [1.54, 1.807) is 4.90 Å². The van der Waals surface area contributed by atoms with Gasteiger partial charge < -0.3 is 9.47 Å². The number of rotatable bonds is 6. The number of anilines is 3. The molecule has 226 valence electrons. The second kappa shape index (κ2) is 11.8. The van der Waals surface area contributed by atoms with Crippen molar-refractivity contribution in [3.8, 4) is 27.9 Å². The van der Waals surface area contributed by atoms with Gasteiger partial charge in [-0.2, -0.15) is 0 Å². The summed E-state index contributed by atoms with van der Waals surface area (Å²) in [5.74, 6) is 0. The van der Waals surface area contributed by atoms with Crippen LogP contribution < -0.4 is 4.90 Å². The summed E-state index contributed by atoms with van der Waals surface area (Å²) in [7, 11) is 0. The van der Waals surface area contributed by atoms with Crippen LogP contribution in [-0.2, 0) is 0 Å². The SMILES string of the molecule is [2H]c1c([2H])c([2H])c(N(c2ccc(-c3ccccc3)cc2)c2ccc(-c3ccccc3-n3c4ccccc4c4c5ccccc5ccc43)cc2)c([2H])c1[2H]. The van der Waals surface area contributed by atoms with E-state index in [1.165, 1.54) is 21.5 Å². The first-order chi connectivity index (χ1) is 25.9. The van der Waals surface area contributed by atoms with Crippen LogP contribution in [-0.4, -0.2) is 4.57 Å². The van der Waals surface area contributed by atoms with Gasteiger partial charge in [-0.3, -0.25) is 0 Å². The van der Waals surface area contributed by atoms with Gasteiger partial charge in [-0.15, -0.1) is 0 Å². The highest BCUT2D eigenvalue weighted by molar-refractivity contribution is 6.21. The predicted molar refractivity (Wildman–Crippen MR) is 204 cm³/mol. The van der Waals surface area contributed by atoms with Crippen molar-refractivity contribution in [2.75, 3.05) is 4.90 Å². The van der Waals surface area contributed by atoms with Gasteiger partial charge >= 0.3 is 0 Å². The van der Waals surface area contributed by atoms with Crippen LogP contribution in [0, 0.1) is 0 Å². The van der Waals surface area contributed by atoms with E-state index in [9.17, 15) is 0 Å². The summed E-state index contributed by atoms with van der Waals surface area (Å²) in [6.45, 7) is 0. The summed E-state index contributed by atoms with van der Waals surface area (Å²) < 4.78 is 45.3. The quantitative estimate of drug-likeness (QED) is 0.180. The lowest BCUT2D eigenvalue weighted by molar-refractivity contribution is 1.18. The maximum atomic E-state index is 8.89. The summed E-state index contributed by atoms with van der Waals surface area (Å²) in [5, 5.41) is 4.82. The number of fused-ring (bicyclic) bond motifs is 5. The van der Waals surface area contributed by atoms with E-state index >= 15 is 0 Å². The van der Waals surface area contributed by atoms with Crippen LogP contribution in [0.4, 0.5) is 17.1 Å². The zero-order valence-corrected chi connectivity index (χ0v) is 26.0. The predicted octanol–water partition coefficient (Wildman–Crippen LogP) is 12.7. The van der Waals surface area contributed by atoms with Crippen LogP contribution in [0.1, 0.15) is 6.85 Å². The molecular weight excluding hydrogens is 581 g/mol. The molecule has 0 spiro atoms. The van der Waals surface area contributed by atoms with E-state index in [4.69, 9.17) is 6.85 Å². The van der Waals surface area contributed by atoms with Crippen LogP contribution in [0.3, 0.4) is 0 Å². The lowest BCUT2D eigenvalue weighted by Crippen LogP contribution is -2.09. The van der Waals surface area contributed by atoms with Crippen LogP contribution >= 0.6 is 0 Å². The van der Waals surface area contributed by atoms with Crippen molar-refractivity contribution >= 4 is 49.6 Å². The molecule has 2 nitrogen and oxygen atoms in total. The minimum absolute atomic E-state index is 0.0918. The minimum atomic E-state index is -0.423. The normalized spacial score (nSPS) is 12.8. The third-order valence-corrected chi connectivity index (χ3v) is 9.09. The lowest BCUT2D eigenvalue weighted by atomic mass is 10.0. The monoisotopic (exact) mass is 617 g/mol. The first kappa shape index (κ1) is 23.0. The molecule has 9 aromatic rings. The summed E-state index contributed by atoms with van der Waals surface area (Å²) in [6.07, 6.45) is 0. The van der Waals surface area contributed by atoms with E-state index in [-0.39, 0.29) is 29.9 Å². The second-order valence-electron chi connectivity index (χ2n) is 11.8. The highest BCUT2D eigenvalue weighted by atomic mass is 15.1. The molecule has 0 saturated carbocycles. The fourth-order valence-corrected chi connectivity index (χ4v) is 6.90. The molecule has 0 saturated heterocycles. The van der Waals surface area contributed by atoms with Gasteiger partial charge in [0, 0.05) is 33.4 Å². The van der Waals surface area contributed by atoms with Crippen molar-refractivity contribution in [3.63, 3.8) is 0 Å². The molecule has 9 rings (SSSR count). The Kier molecular flexibility index (Phi) is 5.64. The van der Waals surface area contributed by atoms with Crippen molar-refractivity contribution in [2.45, 2.75) is 0 Å². The molecule has 8 aromatic carbocycles. The Balaban J connectivity index is 1.20. The molecule has 0 amide bonds. The fraction of sp³-hybridized carbons (Fsp3) is 0. The van der Waals surface area contributed by atoms with Gasteiger partial charge in [0.2, 0.25) is 0 Å². The van der Waals surface area contributed by atoms with Gasteiger partial charge in [0.25, 0.3) is 0 Å². The highest BCUT2D eigenvalue weighted by Crippen LogP contribution is 2.41. The molecule has 1 aromatic heterocycles. The van der Waals surface area contributed by atoms with Crippen LogP contribution in [0.5, 0.6) is 0 Å². The van der Waals surface area contributed by atoms with E-state index < -0.39 is 6.04 Å². The number of hydrogen-bond acceptors (Lipinski definition) is 1. The van der Waals surface area contributed by atoms with Crippen molar-refractivity contribution < 1.29 is 6.85 Å². The molecule has 0 N–H and O–H groups in total. The van der Waals surface area contributed by atoms with Gasteiger partial charge in [-0.25, -0.2) is 0 Å². The zero-order chi connectivity index (χ0) is 36.2. The first-order valence-corrected chi connectivity index (χ1v) is 16.0. The van der Waals surface area contributed by atoms with Crippen LogP contribution in [0.25, 0.3) is 60.5 Å². The van der Waals surface area contributed by atoms with Crippen LogP contribution in [0.2, 0.25) is 0 Å². The number of para-hydroxylation sites is 3. The average molecular weight is 618 g/mol. The average Bonchev–Trinajstić information content (AvgIpc) is 3.56. The van der Waals surface area contributed by atoms with Crippen molar-refractivity contribution in [2.24, 2.45) is 0 Å². The van der Waals surface area contributed by atoms with Crippen LogP contribution in [0.15, 0.2) is 194 Å². The van der Waals surface area contributed by atoms with Gasteiger partial charge in [-0.1, -0.05) is 139 Å². The molecule has 0 unspecified atom stereocenters. The summed E-state index contributed by atoms with van der Waals surface area (Å²) >= 11 is 0. The molecule has 0 aliphatic carbocycles. The second-order valence-corrected chi connectivity index (χ2v) is 11.8. The van der Waals surface area contributed by atoms with Crippen molar-refractivity contribution in [1.29, 1.82) is 0 Å². The summed E-state index contributed by atoms with van der Waals surface area (Å²) in [4.78, 5) is 1.75. The molecule has 0 radical (unpaired) electrons. The van der Waals surface area contributed by atoms with E-state index in [0.717, 1.165) is 39.0 Å². The number of hydrogen-bond donors (Lipinski definition) is 0. The lowest BCUT2D eigenvalue weighted by Gasteiger charge is -2.26. The Morgan fingerprint density at radius 2 is 1.02 bits per heavy atom. The molecule has 0 aliphatic rings. The maximum absolute atomic E-state index is 8.89. The minimum Gasteiger partial charge on any atom is -0.311 e. The largest absolute Gasteiger partial charge is 0.311 e. The Morgan fingerprint density at radius 3 is 1.79 bits per heavy atom. The van der Waals surface area contributed by atoms with Gasteiger partial charge in [0.1, 0.15) is 0 Å². The first-order valence-electron chi connectivity index (χ1n) is 18.5. The maximum Gasteiger partial charge on any atom is 0.0645 e. The van der Waals surface area contributed by atoms with Crippen molar-refractivity contribution in [1.82, 2.24) is 4.57 Å². The topological polar surface area (TPSA) is 8.17 Å². The Labute approximate surface area is 287 Å². The molecule has 48 heavy (non-hydrogen) atoms. The Bertz CT molecular complexity index is 2800. The number of nitrogens with zero attached hydrogens (tertiary/aromatic N) is 2. The zero-order valence-electron chi connectivity index (χ0n) is 31.0. The van der Waals surface area contributed by atoms with E-state index in [2.05, 4.69) is 83.4 Å². The number of benzene rings is 8. The molecule has 0 aliphatic heterocycles. The Hall–Kier alpha value is -6.38. The molecule has 1 heterocycles. The van der Waals surface area contributed by atoms with E-state index in [1.807, 2.05) is 84.9 Å². The number of aromatic nitrogens is 1. The highest BCUT2D eigenvalue weighted by Gasteiger charge is 2.18. The smallest absolute Gasteiger partial charge is 0.0645 e. The van der Waals surface area contributed by atoms with Gasteiger partial charge in [-0.05, 0) is 82.0 Å². The Morgan fingerprint density at radius 1 is 0.417 bits per heavy atom. The molecule has 0 bridgehead atoms. The standard InChI is InChI=1S/C46H32N2/c1-3-13-33(14-4-1)34-23-28-38(29-24-34)47(37-16-5-2-6-17-37)39-30-25-36(26-31-39)40-18-9-11-21-43(40)48-44-22-12-10-20-42(44)46-41-19-8-7-15-35(41)27-32-45(46)48/h1-32H/i2D,5D,6D,16D,17D. The third kappa shape index (κ3) is 4.74. The summed E-state index contributed by atoms with van der Waals surface area (Å²) in [5.41, 5.74) is 8.82. The molecule has 0 fully saturated rings. The van der Waals surface area contributed by atoms with Gasteiger partial charge in [0.05, 0.1) is 23.6 Å². The van der Waals surface area contributed by atoms with Crippen molar-refractivity contribution in [3.05, 3.63) is 194 Å². The summed E-state index contributed by atoms with van der Waals surface area (Å²) in [6, 6.07) is 54.0. The van der Waals surface area contributed by atoms with Gasteiger partial charge in [0.15, 0.2) is 0 Å². The molecular formula is C46H32N2. The van der Waals surface area contributed by atoms with E-state index in [0.29, 0.717) is 11.4 Å². The molecule has 2 heteroatoms.